The molecule has 2 aromatic rings. The molecule has 0 spiro atoms. The molecule has 2 aliphatic rings. The number of hydrogen-bond donors (Lipinski definition) is 1. The molecule has 0 aromatic heterocycles. The zero-order valence-electron chi connectivity index (χ0n) is 17.3. The molecule has 4 amide bonds. The van der Waals surface area contributed by atoms with Gasteiger partial charge in [0.15, 0.2) is 0 Å². The fourth-order valence-electron chi connectivity index (χ4n) is 4.47. The van der Waals surface area contributed by atoms with Crippen LogP contribution in [0.1, 0.15) is 42.5 Å². The van der Waals surface area contributed by atoms with Crippen molar-refractivity contribution >= 4 is 41.0 Å². The number of imide groups is 1. The summed E-state index contributed by atoms with van der Waals surface area (Å²) in [4.78, 5) is 41.5. The van der Waals surface area contributed by atoms with Crippen LogP contribution in [0.25, 0.3) is 0 Å². The van der Waals surface area contributed by atoms with E-state index in [9.17, 15) is 14.4 Å². The standard InChI is InChI=1S/C23H23Cl2N3O3/c1-23(17-11-10-15(24)12-18(17)25)21(30)28(22(31)26-23)13-20(29)27(2)19-9-5-7-14-6-3-4-8-16(14)19/h3-4,6,8,10-12,19H,5,7,9,13H2,1-2H3,(H,26,31). The number of urea groups is 1. The topological polar surface area (TPSA) is 69.7 Å². The van der Waals surface area contributed by atoms with Crippen molar-refractivity contribution in [2.75, 3.05) is 13.6 Å². The fraction of sp³-hybridized carbons (Fsp3) is 0.348. The van der Waals surface area contributed by atoms with Crippen molar-refractivity contribution in [2.24, 2.45) is 0 Å². The number of hydrogen-bond acceptors (Lipinski definition) is 3. The van der Waals surface area contributed by atoms with Gasteiger partial charge in [0.05, 0.1) is 6.04 Å². The predicted molar refractivity (Wildman–Crippen MR) is 119 cm³/mol. The van der Waals surface area contributed by atoms with E-state index in [1.54, 1.807) is 31.0 Å². The number of amides is 4. The van der Waals surface area contributed by atoms with Crippen LogP contribution in [-0.2, 0) is 21.5 Å². The molecule has 1 aliphatic carbocycles. The molecule has 162 valence electrons. The minimum absolute atomic E-state index is 0.0738. The number of aryl methyl sites for hydroxylation is 1. The summed E-state index contributed by atoms with van der Waals surface area (Å²) in [6.45, 7) is 1.24. The van der Waals surface area contributed by atoms with Crippen LogP contribution >= 0.6 is 23.2 Å². The molecule has 0 saturated carbocycles. The number of nitrogens with one attached hydrogen (secondary N) is 1. The van der Waals surface area contributed by atoms with Crippen molar-refractivity contribution in [3.8, 4) is 0 Å². The van der Waals surface area contributed by atoms with Crippen molar-refractivity contribution < 1.29 is 14.4 Å². The fourth-order valence-corrected chi connectivity index (χ4v) is 5.07. The number of likely N-dealkylation sites (N-methyl/N-ethyl adjacent to an activating group) is 1. The highest BCUT2D eigenvalue weighted by Gasteiger charge is 2.50. The lowest BCUT2D eigenvalue weighted by molar-refractivity contribution is -0.139. The Morgan fingerprint density at radius 1 is 1.23 bits per heavy atom. The van der Waals surface area contributed by atoms with Crippen LogP contribution in [0, 0.1) is 0 Å². The lowest BCUT2D eigenvalue weighted by atomic mass is 9.87. The first kappa shape index (κ1) is 21.7. The van der Waals surface area contributed by atoms with Gasteiger partial charge in [-0.15, -0.1) is 0 Å². The second kappa shape index (κ2) is 8.17. The summed E-state index contributed by atoms with van der Waals surface area (Å²) in [6.07, 6.45) is 2.81. The van der Waals surface area contributed by atoms with Crippen molar-refractivity contribution in [1.29, 1.82) is 0 Å². The highest BCUT2D eigenvalue weighted by molar-refractivity contribution is 6.35. The van der Waals surface area contributed by atoms with Crippen LogP contribution in [0.3, 0.4) is 0 Å². The number of rotatable bonds is 4. The molecule has 1 aliphatic heterocycles. The van der Waals surface area contributed by atoms with Crippen molar-refractivity contribution in [3.05, 3.63) is 69.2 Å². The second-order valence-corrected chi connectivity index (χ2v) is 9.03. The summed E-state index contributed by atoms with van der Waals surface area (Å²) in [7, 11) is 1.73. The van der Waals surface area contributed by atoms with Crippen LogP contribution in [0.2, 0.25) is 10.0 Å². The monoisotopic (exact) mass is 459 g/mol. The van der Waals surface area contributed by atoms with Gasteiger partial charge in [0.25, 0.3) is 5.91 Å². The number of benzene rings is 2. The Morgan fingerprint density at radius 3 is 2.71 bits per heavy atom. The molecule has 8 heteroatoms. The number of nitrogens with zero attached hydrogens (tertiary/aromatic N) is 2. The van der Waals surface area contributed by atoms with Crippen molar-refractivity contribution in [3.63, 3.8) is 0 Å². The largest absolute Gasteiger partial charge is 0.337 e. The molecule has 31 heavy (non-hydrogen) atoms. The third-order valence-corrected chi connectivity index (χ3v) is 6.78. The van der Waals surface area contributed by atoms with Gasteiger partial charge >= 0.3 is 6.03 Å². The lowest BCUT2D eigenvalue weighted by Crippen LogP contribution is -2.44. The van der Waals surface area contributed by atoms with Crippen LogP contribution < -0.4 is 5.32 Å². The van der Waals surface area contributed by atoms with Gasteiger partial charge in [0.1, 0.15) is 12.1 Å². The smallest absolute Gasteiger partial charge is 0.325 e. The summed E-state index contributed by atoms with van der Waals surface area (Å²) in [6, 6.07) is 12.1. The molecule has 1 heterocycles. The number of halogens is 2. The SMILES string of the molecule is CN(C(=O)CN1C(=O)NC(C)(c2ccc(Cl)cc2Cl)C1=O)C1CCCc2ccccc21. The Hall–Kier alpha value is -2.57. The van der Waals surface area contributed by atoms with E-state index in [0.29, 0.717) is 10.6 Å². The zero-order chi connectivity index (χ0) is 22.3. The summed E-state index contributed by atoms with van der Waals surface area (Å²) in [5, 5.41) is 3.38. The lowest BCUT2D eigenvalue weighted by Gasteiger charge is -2.34. The average Bonchev–Trinajstić information content (AvgIpc) is 2.96. The van der Waals surface area contributed by atoms with Gasteiger partial charge in [-0.3, -0.25) is 14.5 Å². The Labute approximate surface area is 191 Å². The molecule has 1 N–H and O–H groups in total. The first-order valence-corrected chi connectivity index (χ1v) is 10.9. The van der Waals surface area contributed by atoms with E-state index in [2.05, 4.69) is 11.4 Å². The Kier molecular flexibility index (Phi) is 5.71. The van der Waals surface area contributed by atoms with Crippen LogP contribution in [0.5, 0.6) is 0 Å². The number of fused-ring (bicyclic) bond motifs is 1. The molecule has 6 nitrogen and oxygen atoms in total. The Balaban J connectivity index is 1.54. The molecule has 2 atom stereocenters. The summed E-state index contributed by atoms with van der Waals surface area (Å²) in [5.74, 6) is -0.816. The van der Waals surface area contributed by atoms with Gasteiger partial charge in [-0.05, 0) is 49.4 Å². The molecular formula is C23H23Cl2N3O3. The second-order valence-electron chi connectivity index (χ2n) is 8.18. The maximum atomic E-state index is 13.2. The third kappa shape index (κ3) is 3.79. The molecule has 2 aromatic carbocycles. The normalized spacial score (nSPS) is 22.8. The Morgan fingerprint density at radius 2 is 1.97 bits per heavy atom. The van der Waals surface area contributed by atoms with Crippen molar-refractivity contribution in [1.82, 2.24) is 15.1 Å². The quantitative estimate of drug-likeness (QED) is 0.692. The Bertz CT molecular complexity index is 1070. The predicted octanol–water partition coefficient (Wildman–Crippen LogP) is 4.30. The number of carbonyl (C=O) groups is 3. The van der Waals surface area contributed by atoms with Gasteiger partial charge in [-0.25, -0.2) is 4.79 Å². The van der Waals surface area contributed by atoms with E-state index in [4.69, 9.17) is 23.2 Å². The first-order chi connectivity index (χ1) is 14.7. The minimum Gasteiger partial charge on any atom is -0.337 e. The van der Waals surface area contributed by atoms with Gasteiger partial charge in [0, 0.05) is 22.7 Å². The summed E-state index contributed by atoms with van der Waals surface area (Å²) >= 11 is 12.2. The van der Waals surface area contributed by atoms with Gasteiger partial charge in [-0.2, -0.15) is 0 Å². The molecule has 2 unspecified atom stereocenters. The van der Waals surface area contributed by atoms with E-state index < -0.39 is 17.5 Å². The highest BCUT2D eigenvalue weighted by Crippen LogP contribution is 2.36. The maximum absolute atomic E-state index is 13.2. The van der Waals surface area contributed by atoms with E-state index in [1.807, 2.05) is 18.2 Å². The van der Waals surface area contributed by atoms with Crippen LogP contribution in [0.15, 0.2) is 42.5 Å². The molecule has 1 fully saturated rings. The highest BCUT2D eigenvalue weighted by atomic mass is 35.5. The van der Waals surface area contributed by atoms with E-state index >= 15 is 0 Å². The molecule has 4 rings (SSSR count). The molecule has 0 radical (unpaired) electrons. The molecule has 0 bridgehead atoms. The van der Waals surface area contributed by atoms with Crippen LogP contribution in [-0.4, -0.2) is 41.2 Å². The summed E-state index contributed by atoms with van der Waals surface area (Å²) < 4.78 is 0. The van der Waals surface area contributed by atoms with Crippen LogP contribution in [0.4, 0.5) is 4.79 Å². The average molecular weight is 460 g/mol. The van der Waals surface area contributed by atoms with Gasteiger partial charge < -0.3 is 10.2 Å². The van der Waals surface area contributed by atoms with E-state index in [-0.39, 0.29) is 23.5 Å². The maximum Gasteiger partial charge on any atom is 0.325 e. The third-order valence-electron chi connectivity index (χ3n) is 6.24. The molecular weight excluding hydrogens is 437 g/mol. The van der Waals surface area contributed by atoms with Crippen molar-refractivity contribution in [2.45, 2.75) is 37.8 Å². The number of carbonyl (C=O) groups excluding carboxylic acids is 3. The van der Waals surface area contributed by atoms with Gasteiger partial charge in [0.2, 0.25) is 5.91 Å². The zero-order valence-corrected chi connectivity index (χ0v) is 18.8. The van der Waals surface area contributed by atoms with Gasteiger partial charge in [-0.1, -0.05) is 53.5 Å². The molecule has 1 saturated heterocycles. The van der Waals surface area contributed by atoms with E-state index in [1.165, 1.54) is 11.6 Å². The van der Waals surface area contributed by atoms with E-state index in [0.717, 1.165) is 29.7 Å². The summed E-state index contributed by atoms with van der Waals surface area (Å²) in [5.41, 5.74) is 1.43. The first-order valence-electron chi connectivity index (χ1n) is 10.2. The minimum atomic E-state index is -1.37.